The van der Waals surface area contributed by atoms with Crippen LogP contribution in [0.4, 0.5) is 5.69 Å². The number of hydrogen-bond donors (Lipinski definition) is 2. The predicted octanol–water partition coefficient (Wildman–Crippen LogP) is 2.88. The van der Waals surface area contributed by atoms with Gasteiger partial charge in [-0.25, -0.2) is 8.42 Å². The smallest absolute Gasteiger partial charge is 0.243 e. The van der Waals surface area contributed by atoms with Gasteiger partial charge in [-0.3, -0.25) is 10.3 Å². The Bertz CT molecular complexity index is 907. The SMILES string of the molecule is O=S(=O)(c1ccc(NCNCc2cccnc2)cc1)N1CCC(N2CCCCC2)CC1. The molecule has 1 aromatic carbocycles. The molecule has 0 aliphatic carbocycles. The van der Waals surface area contributed by atoms with Crippen LogP contribution in [0.3, 0.4) is 0 Å². The lowest BCUT2D eigenvalue weighted by Crippen LogP contribution is -2.48. The Labute approximate surface area is 185 Å². The molecule has 3 heterocycles. The molecule has 2 aliphatic rings. The number of benzene rings is 1. The summed E-state index contributed by atoms with van der Waals surface area (Å²) in [6.07, 6.45) is 9.34. The van der Waals surface area contributed by atoms with Gasteiger partial charge in [0.2, 0.25) is 10.0 Å². The average molecular weight is 444 g/mol. The number of nitrogens with zero attached hydrogens (tertiary/aromatic N) is 3. The van der Waals surface area contributed by atoms with Crippen LogP contribution in [0.25, 0.3) is 0 Å². The fraction of sp³-hybridized carbons (Fsp3) is 0.522. The van der Waals surface area contributed by atoms with Gasteiger partial charge in [-0.15, -0.1) is 0 Å². The number of pyridine rings is 1. The Morgan fingerprint density at radius 2 is 1.71 bits per heavy atom. The maximum atomic E-state index is 13.1. The summed E-state index contributed by atoms with van der Waals surface area (Å²) in [5.41, 5.74) is 2.01. The lowest BCUT2D eigenvalue weighted by atomic mass is 10.0. The van der Waals surface area contributed by atoms with Crippen molar-refractivity contribution < 1.29 is 8.42 Å². The quantitative estimate of drug-likeness (QED) is 0.483. The first-order chi connectivity index (χ1) is 15.1. The molecule has 4 rings (SSSR count). The third-order valence-electron chi connectivity index (χ3n) is 6.29. The Morgan fingerprint density at radius 1 is 0.968 bits per heavy atom. The monoisotopic (exact) mass is 443 g/mol. The second kappa shape index (κ2) is 10.5. The molecule has 31 heavy (non-hydrogen) atoms. The van der Waals surface area contributed by atoms with Gasteiger partial charge in [0.15, 0.2) is 0 Å². The number of likely N-dealkylation sites (tertiary alicyclic amines) is 1. The molecule has 0 bridgehead atoms. The molecule has 2 aromatic rings. The van der Waals surface area contributed by atoms with Gasteiger partial charge in [0.1, 0.15) is 0 Å². The van der Waals surface area contributed by atoms with E-state index in [4.69, 9.17) is 0 Å². The van der Waals surface area contributed by atoms with Gasteiger partial charge in [-0.05, 0) is 74.7 Å². The molecule has 0 radical (unpaired) electrons. The molecule has 0 amide bonds. The van der Waals surface area contributed by atoms with E-state index in [-0.39, 0.29) is 0 Å². The van der Waals surface area contributed by atoms with Crippen LogP contribution in [0.15, 0.2) is 53.7 Å². The van der Waals surface area contributed by atoms with Gasteiger partial charge < -0.3 is 10.2 Å². The molecule has 7 nitrogen and oxygen atoms in total. The second-order valence-corrected chi connectivity index (χ2v) is 10.3. The zero-order valence-electron chi connectivity index (χ0n) is 18.0. The molecule has 8 heteroatoms. The van der Waals surface area contributed by atoms with Gasteiger partial charge in [-0.2, -0.15) is 4.31 Å². The minimum Gasteiger partial charge on any atom is -0.372 e. The molecule has 0 unspecified atom stereocenters. The Balaban J connectivity index is 1.25. The number of anilines is 1. The first-order valence-electron chi connectivity index (χ1n) is 11.3. The predicted molar refractivity (Wildman–Crippen MR) is 123 cm³/mol. The normalized spacial score (nSPS) is 19.4. The molecule has 0 spiro atoms. The summed E-state index contributed by atoms with van der Waals surface area (Å²) < 4.78 is 27.8. The lowest BCUT2D eigenvalue weighted by Gasteiger charge is -2.39. The highest BCUT2D eigenvalue weighted by atomic mass is 32.2. The van der Waals surface area contributed by atoms with E-state index < -0.39 is 10.0 Å². The molecule has 2 saturated heterocycles. The zero-order valence-corrected chi connectivity index (χ0v) is 18.9. The topological polar surface area (TPSA) is 77.6 Å². The van der Waals surface area contributed by atoms with E-state index >= 15 is 0 Å². The van der Waals surface area contributed by atoms with E-state index in [0.29, 0.717) is 30.7 Å². The third kappa shape index (κ3) is 5.83. The van der Waals surface area contributed by atoms with Crippen molar-refractivity contribution in [2.24, 2.45) is 0 Å². The summed E-state index contributed by atoms with van der Waals surface area (Å²) in [6.45, 7) is 4.88. The van der Waals surface area contributed by atoms with Crippen LogP contribution in [0.5, 0.6) is 0 Å². The van der Waals surface area contributed by atoms with Gasteiger partial charge in [0.25, 0.3) is 0 Å². The van der Waals surface area contributed by atoms with Crippen molar-refractivity contribution in [1.82, 2.24) is 19.5 Å². The Morgan fingerprint density at radius 3 is 2.39 bits per heavy atom. The number of nitrogens with one attached hydrogen (secondary N) is 2. The van der Waals surface area contributed by atoms with Crippen molar-refractivity contribution in [1.29, 1.82) is 0 Å². The van der Waals surface area contributed by atoms with E-state index in [9.17, 15) is 8.42 Å². The highest BCUT2D eigenvalue weighted by Gasteiger charge is 2.31. The highest BCUT2D eigenvalue weighted by molar-refractivity contribution is 7.89. The Hall–Kier alpha value is -2.00. The van der Waals surface area contributed by atoms with Crippen LogP contribution in [0.1, 0.15) is 37.7 Å². The summed E-state index contributed by atoms with van der Waals surface area (Å²) in [5.74, 6) is 0. The number of aromatic nitrogens is 1. The molecule has 0 atom stereocenters. The van der Waals surface area contributed by atoms with E-state index in [2.05, 4.69) is 20.5 Å². The maximum absolute atomic E-state index is 13.1. The van der Waals surface area contributed by atoms with Crippen LogP contribution in [-0.2, 0) is 16.6 Å². The van der Waals surface area contributed by atoms with Gasteiger partial charge in [-0.1, -0.05) is 12.5 Å². The van der Waals surface area contributed by atoms with Crippen LogP contribution < -0.4 is 10.6 Å². The molecule has 168 valence electrons. The van der Waals surface area contributed by atoms with Crippen LogP contribution >= 0.6 is 0 Å². The van der Waals surface area contributed by atoms with Crippen molar-refractivity contribution >= 4 is 15.7 Å². The fourth-order valence-electron chi connectivity index (χ4n) is 4.50. The molecule has 0 saturated carbocycles. The largest absolute Gasteiger partial charge is 0.372 e. The summed E-state index contributed by atoms with van der Waals surface area (Å²) in [7, 11) is -3.43. The van der Waals surface area contributed by atoms with Crippen molar-refractivity contribution in [3.05, 3.63) is 54.4 Å². The molecule has 2 N–H and O–H groups in total. The molecular weight excluding hydrogens is 410 g/mol. The van der Waals surface area contributed by atoms with E-state index in [0.717, 1.165) is 30.6 Å². The van der Waals surface area contributed by atoms with Crippen molar-refractivity contribution in [2.75, 3.05) is 38.2 Å². The van der Waals surface area contributed by atoms with E-state index in [1.54, 1.807) is 22.6 Å². The molecule has 2 fully saturated rings. The lowest BCUT2D eigenvalue weighted by molar-refractivity contribution is 0.118. The number of piperidine rings is 2. The van der Waals surface area contributed by atoms with Gasteiger partial charge in [0.05, 0.1) is 11.6 Å². The summed E-state index contributed by atoms with van der Waals surface area (Å²) in [6, 6.07) is 11.6. The first-order valence-corrected chi connectivity index (χ1v) is 12.7. The van der Waals surface area contributed by atoms with Gasteiger partial charge >= 0.3 is 0 Å². The maximum Gasteiger partial charge on any atom is 0.243 e. The van der Waals surface area contributed by atoms with Crippen molar-refractivity contribution in [2.45, 2.75) is 49.6 Å². The number of hydrogen-bond acceptors (Lipinski definition) is 6. The average Bonchev–Trinajstić information content (AvgIpc) is 2.83. The van der Waals surface area contributed by atoms with Gasteiger partial charge in [0, 0.05) is 43.8 Å². The standard InChI is InChI=1S/C23H33N5O2S/c29-31(30,28-15-10-22(11-16-28)27-13-2-1-3-14-27)23-8-6-21(7-9-23)26-19-25-18-20-5-4-12-24-17-20/h4-9,12,17,22,25-26H,1-3,10-11,13-16,18-19H2. The highest BCUT2D eigenvalue weighted by Crippen LogP contribution is 2.25. The second-order valence-electron chi connectivity index (χ2n) is 8.40. The molecule has 2 aliphatic heterocycles. The molecule has 1 aromatic heterocycles. The van der Waals surface area contributed by atoms with Crippen molar-refractivity contribution in [3.63, 3.8) is 0 Å². The van der Waals surface area contributed by atoms with E-state index in [1.807, 2.05) is 30.5 Å². The number of rotatable bonds is 8. The van der Waals surface area contributed by atoms with Crippen LogP contribution in [-0.4, -0.2) is 61.5 Å². The molecular formula is C23H33N5O2S. The van der Waals surface area contributed by atoms with Crippen molar-refractivity contribution in [3.8, 4) is 0 Å². The minimum atomic E-state index is -3.43. The summed E-state index contributed by atoms with van der Waals surface area (Å²) >= 11 is 0. The first kappa shape index (κ1) is 22.2. The Kier molecular flexibility index (Phi) is 7.55. The third-order valence-corrected chi connectivity index (χ3v) is 8.20. The minimum absolute atomic E-state index is 0.373. The van der Waals surface area contributed by atoms with Crippen LogP contribution in [0, 0.1) is 0 Å². The van der Waals surface area contributed by atoms with Crippen LogP contribution in [0.2, 0.25) is 0 Å². The fourth-order valence-corrected chi connectivity index (χ4v) is 5.97. The zero-order chi connectivity index (χ0) is 21.5. The van der Waals surface area contributed by atoms with E-state index in [1.165, 1.54) is 32.4 Å². The number of sulfonamides is 1. The summed E-state index contributed by atoms with van der Waals surface area (Å²) in [4.78, 5) is 7.04. The summed E-state index contributed by atoms with van der Waals surface area (Å²) in [5, 5.41) is 6.57.